The highest BCUT2D eigenvalue weighted by molar-refractivity contribution is 6.16. The van der Waals surface area contributed by atoms with Crippen LogP contribution >= 0.6 is 0 Å². The third kappa shape index (κ3) is 6.82. The van der Waals surface area contributed by atoms with Crippen molar-refractivity contribution in [2.24, 2.45) is 0 Å². The van der Waals surface area contributed by atoms with Gasteiger partial charge in [-0.05, 0) is 112 Å². The highest BCUT2D eigenvalue weighted by Gasteiger charge is 2.22. The van der Waals surface area contributed by atoms with Gasteiger partial charge in [-0.25, -0.2) is 0 Å². The Morgan fingerprint density at radius 2 is 0.681 bits per heavy atom. The second-order valence-electron chi connectivity index (χ2n) is 17.6. The van der Waals surface area contributed by atoms with Gasteiger partial charge < -0.3 is 14.0 Å². The van der Waals surface area contributed by atoms with Crippen molar-refractivity contribution in [3.05, 3.63) is 273 Å². The van der Waals surface area contributed by atoms with Crippen molar-refractivity contribution in [2.45, 2.75) is 0 Å². The fraction of sp³-hybridized carbons (Fsp3) is 0. The highest BCUT2D eigenvalue weighted by atomic mass is 15.1. The second kappa shape index (κ2) is 16.9. The third-order valence-electron chi connectivity index (χ3n) is 13.7. The van der Waals surface area contributed by atoms with Crippen molar-refractivity contribution in [1.82, 2.24) is 9.13 Å². The Bertz CT molecular complexity index is 3960. The van der Waals surface area contributed by atoms with Crippen LogP contribution in [0.5, 0.6) is 0 Å². The van der Waals surface area contributed by atoms with Crippen LogP contribution in [0.4, 0.5) is 17.1 Å². The molecule has 2 aromatic heterocycles. The standard InChI is InChI=1S/C66H45N3/c1-3-21-46(22-4-1)52-27-7-8-28-54(52)55-29-9-10-30-56(55)57-31-11-15-36-61(57)67(50-25-19-26-51(45-50)69-62-37-16-12-32-58(62)59-33-13-17-38-63(59)69)49-43-41-47(42-44-49)53-35-20-40-65-66(53)60-34-14-18-39-64(60)68(65)48-23-5-2-6-24-48/h1-45H. The summed E-state index contributed by atoms with van der Waals surface area (Å²) in [6.45, 7) is 0. The molecule has 0 unspecified atom stereocenters. The molecule has 0 aliphatic rings. The molecule has 0 fully saturated rings. The van der Waals surface area contributed by atoms with E-state index in [1.54, 1.807) is 0 Å². The number of fused-ring (bicyclic) bond motifs is 6. The van der Waals surface area contributed by atoms with Crippen LogP contribution in [0.2, 0.25) is 0 Å². The molecule has 2 heterocycles. The molecule has 0 amide bonds. The van der Waals surface area contributed by atoms with Crippen molar-refractivity contribution in [2.75, 3.05) is 4.90 Å². The SMILES string of the molecule is c1ccc(-c2ccccc2-c2ccccc2-c2ccccc2N(c2ccc(-c3cccc4c3c3ccccc3n4-c3ccccc3)cc2)c2cccc(-n3c4ccccc4c4ccccc43)c2)cc1. The summed E-state index contributed by atoms with van der Waals surface area (Å²) in [5.41, 5.74) is 19.7. The van der Waals surface area contributed by atoms with Crippen molar-refractivity contribution < 1.29 is 0 Å². The zero-order valence-corrected chi connectivity index (χ0v) is 37.8. The molecule has 0 aliphatic carbocycles. The van der Waals surface area contributed by atoms with Gasteiger partial charge in [-0.15, -0.1) is 0 Å². The third-order valence-corrected chi connectivity index (χ3v) is 13.7. The Hall–Kier alpha value is -9.18. The Labute approximate surface area is 401 Å². The molecule has 0 bridgehead atoms. The Morgan fingerprint density at radius 3 is 1.36 bits per heavy atom. The fourth-order valence-corrected chi connectivity index (χ4v) is 10.7. The Balaban J connectivity index is 1.01. The van der Waals surface area contributed by atoms with E-state index in [0.717, 1.165) is 45.1 Å². The fourth-order valence-electron chi connectivity index (χ4n) is 10.7. The molecule has 0 radical (unpaired) electrons. The van der Waals surface area contributed by atoms with E-state index < -0.39 is 0 Å². The lowest BCUT2D eigenvalue weighted by Crippen LogP contribution is -2.12. The van der Waals surface area contributed by atoms with Gasteiger partial charge in [-0.1, -0.05) is 200 Å². The van der Waals surface area contributed by atoms with Crippen LogP contribution in [0, 0.1) is 0 Å². The average molecular weight is 880 g/mol. The normalized spacial score (nSPS) is 11.5. The van der Waals surface area contributed by atoms with Gasteiger partial charge in [-0.2, -0.15) is 0 Å². The molecule has 13 rings (SSSR count). The van der Waals surface area contributed by atoms with Crippen LogP contribution < -0.4 is 4.90 Å². The van der Waals surface area contributed by atoms with Crippen LogP contribution in [0.3, 0.4) is 0 Å². The lowest BCUT2D eigenvalue weighted by atomic mass is 9.88. The molecule has 3 nitrogen and oxygen atoms in total. The summed E-state index contributed by atoms with van der Waals surface area (Å²) in [6, 6.07) is 99.1. The molecule has 0 N–H and O–H groups in total. The van der Waals surface area contributed by atoms with Gasteiger partial charge in [0, 0.05) is 49.9 Å². The van der Waals surface area contributed by atoms with Crippen LogP contribution in [0.1, 0.15) is 0 Å². The number of rotatable bonds is 9. The van der Waals surface area contributed by atoms with E-state index in [0.29, 0.717) is 0 Å². The number of aromatic nitrogens is 2. The van der Waals surface area contributed by atoms with Gasteiger partial charge in [0.2, 0.25) is 0 Å². The quantitative estimate of drug-likeness (QED) is 0.141. The van der Waals surface area contributed by atoms with E-state index in [2.05, 4.69) is 287 Å². The van der Waals surface area contributed by atoms with E-state index >= 15 is 0 Å². The minimum Gasteiger partial charge on any atom is -0.310 e. The van der Waals surface area contributed by atoms with Crippen LogP contribution in [-0.2, 0) is 0 Å². The molecule has 324 valence electrons. The molecule has 0 saturated carbocycles. The largest absolute Gasteiger partial charge is 0.310 e. The highest BCUT2D eigenvalue weighted by Crippen LogP contribution is 2.47. The smallest absolute Gasteiger partial charge is 0.0547 e. The monoisotopic (exact) mass is 879 g/mol. The Kier molecular flexibility index (Phi) is 9.84. The summed E-state index contributed by atoms with van der Waals surface area (Å²) in [7, 11) is 0. The van der Waals surface area contributed by atoms with E-state index in [4.69, 9.17) is 0 Å². The maximum atomic E-state index is 2.44. The zero-order valence-electron chi connectivity index (χ0n) is 37.8. The van der Waals surface area contributed by atoms with Gasteiger partial charge in [-0.3, -0.25) is 0 Å². The lowest BCUT2D eigenvalue weighted by molar-refractivity contribution is 1.17. The van der Waals surface area contributed by atoms with Gasteiger partial charge in [0.05, 0.1) is 27.8 Å². The first-order valence-corrected chi connectivity index (χ1v) is 23.7. The first-order chi connectivity index (χ1) is 34.3. The molecular weight excluding hydrogens is 835 g/mol. The summed E-state index contributed by atoms with van der Waals surface area (Å²) in [5.74, 6) is 0. The molecule has 0 atom stereocenters. The minimum atomic E-state index is 1.06. The molecule has 0 saturated heterocycles. The maximum absolute atomic E-state index is 2.44. The van der Waals surface area contributed by atoms with Crippen LogP contribution in [0.15, 0.2) is 273 Å². The summed E-state index contributed by atoms with van der Waals surface area (Å²) < 4.78 is 4.80. The van der Waals surface area contributed by atoms with E-state index in [9.17, 15) is 0 Å². The molecule has 69 heavy (non-hydrogen) atoms. The molecular formula is C66H45N3. The minimum absolute atomic E-state index is 1.06. The molecule has 0 spiro atoms. The van der Waals surface area contributed by atoms with Gasteiger partial charge in [0.25, 0.3) is 0 Å². The first-order valence-electron chi connectivity index (χ1n) is 23.7. The summed E-state index contributed by atoms with van der Waals surface area (Å²) in [4.78, 5) is 2.44. The van der Waals surface area contributed by atoms with Crippen molar-refractivity contribution in [3.63, 3.8) is 0 Å². The number of para-hydroxylation sites is 5. The second-order valence-corrected chi connectivity index (χ2v) is 17.6. The van der Waals surface area contributed by atoms with Gasteiger partial charge in [0.1, 0.15) is 0 Å². The number of nitrogens with zero attached hydrogens (tertiary/aromatic N) is 3. The van der Waals surface area contributed by atoms with E-state index in [-0.39, 0.29) is 0 Å². The summed E-state index contributed by atoms with van der Waals surface area (Å²) in [6.07, 6.45) is 0. The van der Waals surface area contributed by atoms with E-state index in [1.807, 2.05) is 0 Å². The van der Waals surface area contributed by atoms with Crippen molar-refractivity contribution in [1.29, 1.82) is 0 Å². The number of anilines is 3. The summed E-state index contributed by atoms with van der Waals surface area (Å²) >= 11 is 0. The first kappa shape index (κ1) is 40.1. The summed E-state index contributed by atoms with van der Waals surface area (Å²) in [5, 5.41) is 4.97. The number of hydrogen-bond donors (Lipinski definition) is 0. The molecule has 3 heteroatoms. The van der Waals surface area contributed by atoms with Gasteiger partial charge >= 0.3 is 0 Å². The lowest BCUT2D eigenvalue weighted by Gasteiger charge is -2.29. The number of benzene rings is 11. The Morgan fingerprint density at radius 1 is 0.246 bits per heavy atom. The molecule has 11 aromatic carbocycles. The topological polar surface area (TPSA) is 13.1 Å². The predicted octanol–water partition coefficient (Wildman–Crippen LogP) is 18.0. The zero-order chi connectivity index (χ0) is 45.7. The van der Waals surface area contributed by atoms with Crippen molar-refractivity contribution >= 4 is 60.7 Å². The van der Waals surface area contributed by atoms with Crippen molar-refractivity contribution in [3.8, 4) is 55.9 Å². The maximum Gasteiger partial charge on any atom is 0.0547 e. The molecule has 0 aliphatic heterocycles. The number of hydrogen-bond acceptors (Lipinski definition) is 1. The average Bonchev–Trinajstić information content (AvgIpc) is 3.95. The van der Waals surface area contributed by atoms with Gasteiger partial charge in [0.15, 0.2) is 0 Å². The predicted molar refractivity (Wildman–Crippen MR) is 292 cm³/mol. The van der Waals surface area contributed by atoms with E-state index in [1.165, 1.54) is 71.4 Å². The van der Waals surface area contributed by atoms with Crippen LogP contribution in [0.25, 0.3) is 99.5 Å². The molecule has 13 aromatic rings. The van der Waals surface area contributed by atoms with Crippen LogP contribution in [-0.4, -0.2) is 9.13 Å².